The summed E-state index contributed by atoms with van der Waals surface area (Å²) < 4.78 is 12.2. The summed E-state index contributed by atoms with van der Waals surface area (Å²) in [6.07, 6.45) is 1.27. The first-order valence-corrected chi connectivity index (χ1v) is 9.82. The SMILES string of the molecule is CCCN(C(=O)Cc1ccc2c(c1)OCCO2)C(C)c1ccccc1Br. The zero-order valence-corrected chi connectivity index (χ0v) is 16.8. The van der Waals surface area contributed by atoms with E-state index in [2.05, 4.69) is 35.8 Å². The number of benzene rings is 2. The Morgan fingerprint density at radius 1 is 1.15 bits per heavy atom. The van der Waals surface area contributed by atoms with Gasteiger partial charge in [0.15, 0.2) is 11.5 Å². The van der Waals surface area contributed by atoms with Crippen molar-refractivity contribution in [3.05, 3.63) is 58.1 Å². The minimum Gasteiger partial charge on any atom is -0.486 e. The van der Waals surface area contributed by atoms with Crippen molar-refractivity contribution in [2.45, 2.75) is 32.7 Å². The summed E-state index contributed by atoms with van der Waals surface area (Å²) >= 11 is 3.61. The Bertz CT molecular complexity index is 778. The Kier molecular flexibility index (Phi) is 6.20. The highest BCUT2D eigenvalue weighted by molar-refractivity contribution is 9.10. The zero-order chi connectivity index (χ0) is 18.5. The van der Waals surface area contributed by atoms with Gasteiger partial charge in [-0.05, 0) is 42.7 Å². The Morgan fingerprint density at radius 3 is 2.62 bits per heavy atom. The van der Waals surface area contributed by atoms with E-state index in [1.165, 1.54) is 0 Å². The summed E-state index contributed by atoms with van der Waals surface area (Å²) in [6, 6.07) is 13.8. The second kappa shape index (κ2) is 8.58. The van der Waals surface area contributed by atoms with Crippen LogP contribution in [0.5, 0.6) is 11.5 Å². The lowest BCUT2D eigenvalue weighted by Gasteiger charge is -2.30. The van der Waals surface area contributed by atoms with Crippen LogP contribution in [0.15, 0.2) is 46.9 Å². The van der Waals surface area contributed by atoms with Crippen molar-refractivity contribution >= 4 is 21.8 Å². The molecule has 1 aliphatic rings. The summed E-state index contributed by atoms with van der Waals surface area (Å²) in [7, 11) is 0. The fourth-order valence-corrected chi connectivity index (χ4v) is 3.85. The van der Waals surface area contributed by atoms with Crippen LogP contribution < -0.4 is 9.47 Å². The van der Waals surface area contributed by atoms with Gasteiger partial charge in [0.25, 0.3) is 0 Å². The van der Waals surface area contributed by atoms with Gasteiger partial charge in [-0.2, -0.15) is 0 Å². The molecule has 1 unspecified atom stereocenters. The molecule has 0 bridgehead atoms. The van der Waals surface area contributed by atoms with Crippen LogP contribution in [-0.4, -0.2) is 30.6 Å². The van der Waals surface area contributed by atoms with Crippen LogP contribution in [0.1, 0.15) is 37.4 Å². The van der Waals surface area contributed by atoms with Gasteiger partial charge in [0.1, 0.15) is 13.2 Å². The molecule has 0 saturated heterocycles. The molecule has 3 rings (SSSR count). The van der Waals surface area contributed by atoms with Crippen LogP contribution in [-0.2, 0) is 11.2 Å². The topological polar surface area (TPSA) is 38.8 Å². The van der Waals surface area contributed by atoms with Crippen molar-refractivity contribution in [1.82, 2.24) is 4.90 Å². The molecular formula is C21H24BrNO3. The molecule has 0 aromatic heterocycles. The summed E-state index contributed by atoms with van der Waals surface area (Å²) in [5.74, 6) is 1.59. The van der Waals surface area contributed by atoms with Crippen molar-refractivity contribution in [3.8, 4) is 11.5 Å². The van der Waals surface area contributed by atoms with Crippen LogP contribution in [0.2, 0.25) is 0 Å². The molecule has 138 valence electrons. The predicted octanol–water partition coefficient (Wildman–Crippen LogP) is 4.76. The normalized spacial score (nSPS) is 14.0. The zero-order valence-electron chi connectivity index (χ0n) is 15.2. The molecule has 0 spiro atoms. The van der Waals surface area contributed by atoms with Gasteiger partial charge < -0.3 is 14.4 Å². The molecule has 1 amide bonds. The molecule has 1 aliphatic heterocycles. The summed E-state index contributed by atoms with van der Waals surface area (Å²) in [5.41, 5.74) is 2.07. The first-order valence-electron chi connectivity index (χ1n) is 9.02. The second-order valence-electron chi connectivity index (χ2n) is 6.44. The maximum Gasteiger partial charge on any atom is 0.227 e. The second-order valence-corrected chi connectivity index (χ2v) is 7.29. The van der Waals surface area contributed by atoms with Gasteiger partial charge in [0, 0.05) is 11.0 Å². The maximum absolute atomic E-state index is 13.0. The first-order chi connectivity index (χ1) is 12.6. The van der Waals surface area contributed by atoms with E-state index in [4.69, 9.17) is 9.47 Å². The monoisotopic (exact) mass is 417 g/mol. The van der Waals surface area contributed by atoms with E-state index >= 15 is 0 Å². The Morgan fingerprint density at radius 2 is 1.88 bits per heavy atom. The molecule has 1 atom stereocenters. The lowest BCUT2D eigenvalue weighted by Crippen LogP contribution is -2.35. The van der Waals surface area contributed by atoms with Crippen molar-refractivity contribution in [2.75, 3.05) is 19.8 Å². The lowest BCUT2D eigenvalue weighted by atomic mass is 10.0. The van der Waals surface area contributed by atoms with Gasteiger partial charge in [-0.15, -0.1) is 0 Å². The van der Waals surface area contributed by atoms with Gasteiger partial charge in [0.2, 0.25) is 5.91 Å². The third kappa shape index (κ3) is 4.21. The number of amides is 1. The van der Waals surface area contributed by atoms with E-state index in [1.807, 2.05) is 41.3 Å². The van der Waals surface area contributed by atoms with Crippen LogP contribution in [0, 0.1) is 0 Å². The number of rotatable bonds is 6. The molecule has 4 nitrogen and oxygen atoms in total. The summed E-state index contributed by atoms with van der Waals surface area (Å²) in [5, 5.41) is 0. The van der Waals surface area contributed by atoms with Crippen LogP contribution in [0.25, 0.3) is 0 Å². The van der Waals surface area contributed by atoms with Gasteiger partial charge in [-0.3, -0.25) is 4.79 Å². The Balaban J connectivity index is 1.77. The van der Waals surface area contributed by atoms with Crippen LogP contribution >= 0.6 is 15.9 Å². The molecule has 0 fully saturated rings. The predicted molar refractivity (Wildman–Crippen MR) is 106 cm³/mol. The highest BCUT2D eigenvalue weighted by Gasteiger charge is 2.23. The van der Waals surface area contributed by atoms with Crippen molar-refractivity contribution in [1.29, 1.82) is 0 Å². The molecule has 0 saturated carbocycles. The fraction of sp³-hybridized carbons (Fsp3) is 0.381. The van der Waals surface area contributed by atoms with E-state index < -0.39 is 0 Å². The fourth-order valence-electron chi connectivity index (χ4n) is 3.23. The molecule has 1 heterocycles. The van der Waals surface area contributed by atoms with Crippen LogP contribution in [0.3, 0.4) is 0 Å². The highest BCUT2D eigenvalue weighted by atomic mass is 79.9. The minimum absolute atomic E-state index is 0.00948. The summed E-state index contributed by atoms with van der Waals surface area (Å²) in [4.78, 5) is 15.0. The molecule has 26 heavy (non-hydrogen) atoms. The van der Waals surface area contributed by atoms with Gasteiger partial charge in [-0.25, -0.2) is 0 Å². The number of hydrogen-bond donors (Lipinski definition) is 0. The molecular weight excluding hydrogens is 394 g/mol. The first kappa shape index (κ1) is 18.8. The number of nitrogens with zero attached hydrogens (tertiary/aromatic N) is 1. The standard InChI is InChI=1S/C21H24BrNO3/c1-3-10-23(15(2)17-6-4-5-7-18(17)22)21(24)14-16-8-9-19-20(13-16)26-12-11-25-19/h4-9,13,15H,3,10-12,14H2,1-2H3. The van der Waals surface area contributed by atoms with E-state index in [0.29, 0.717) is 19.6 Å². The van der Waals surface area contributed by atoms with E-state index in [-0.39, 0.29) is 11.9 Å². The maximum atomic E-state index is 13.0. The molecule has 2 aromatic rings. The highest BCUT2D eigenvalue weighted by Crippen LogP contribution is 2.32. The number of ether oxygens (including phenoxy) is 2. The third-order valence-corrected chi connectivity index (χ3v) is 5.29. The number of hydrogen-bond acceptors (Lipinski definition) is 3. The number of carbonyl (C=O) groups excluding carboxylic acids is 1. The average Bonchev–Trinajstić information content (AvgIpc) is 2.66. The average molecular weight is 418 g/mol. The lowest BCUT2D eigenvalue weighted by molar-refractivity contribution is -0.132. The number of carbonyl (C=O) groups is 1. The summed E-state index contributed by atoms with van der Waals surface area (Å²) in [6.45, 7) is 6.02. The molecule has 0 aliphatic carbocycles. The van der Waals surface area contributed by atoms with Crippen LogP contribution in [0.4, 0.5) is 0 Å². The van der Waals surface area contributed by atoms with E-state index in [0.717, 1.165) is 40.1 Å². The number of fused-ring (bicyclic) bond motifs is 1. The van der Waals surface area contributed by atoms with Gasteiger partial charge >= 0.3 is 0 Å². The molecule has 5 heteroatoms. The van der Waals surface area contributed by atoms with Crippen molar-refractivity contribution < 1.29 is 14.3 Å². The van der Waals surface area contributed by atoms with Crippen molar-refractivity contribution in [3.63, 3.8) is 0 Å². The van der Waals surface area contributed by atoms with Gasteiger partial charge in [-0.1, -0.05) is 47.1 Å². The smallest absolute Gasteiger partial charge is 0.227 e. The third-order valence-electron chi connectivity index (χ3n) is 4.57. The Labute approximate surface area is 163 Å². The van der Waals surface area contributed by atoms with E-state index in [1.54, 1.807) is 0 Å². The molecule has 0 radical (unpaired) electrons. The van der Waals surface area contributed by atoms with Crippen molar-refractivity contribution in [2.24, 2.45) is 0 Å². The molecule has 2 aromatic carbocycles. The quantitative estimate of drug-likeness (QED) is 0.679. The van der Waals surface area contributed by atoms with E-state index in [9.17, 15) is 4.79 Å². The van der Waals surface area contributed by atoms with Gasteiger partial charge in [0.05, 0.1) is 12.5 Å². The molecule has 0 N–H and O–H groups in total. The minimum atomic E-state index is 0.00948. The Hall–Kier alpha value is -2.01. The number of halogens is 1. The largest absolute Gasteiger partial charge is 0.486 e.